The van der Waals surface area contributed by atoms with Crippen molar-refractivity contribution in [1.29, 1.82) is 0 Å². The molecule has 0 bridgehead atoms. The molecule has 0 aliphatic heterocycles. The van der Waals surface area contributed by atoms with Crippen LogP contribution in [0.5, 0.6) is 0 Å². The van der Waals surface area contributed by atoms with Crippen molar-refractivity contribution in [2.45, 2.75) is 17.1 Å². The summed E-state index contributed by atoms with van der Waals surface area (Å²) in [5.41, 5.74) is 2.14. The summed E-state index contributed by atoms with van der Waals surface area (Å²) >= 11 is 3.15. The summed E-state index contributed by atoms with van der Waals surface area (Å²) in [4.78, 5) is 19.7. The fourth-order valence-electron chi connectivity index (χ4n) is 2.22. The van der Waals surface area contributed by atoms with E-state index in [0.29, 0.717) is 5.16 Å². The average Bonchev–Trinajstić information content (AvgIpc) is 3.01. The lowest BCUT2D eigenvalue weighted by Crippen LogP contribution is -1.90. The molecule has 23 heavy (non-hydrogen) atoms. The Morgan fingerprint density at radius 2 is 1.87 bits per heavy atom. The van der Waals surface area contributed by atoms with Gasteiger partial charge in [0.25, 0.3) is 0 Å². The topological polar surface area (TPSA) is 51.6 Å². The molecule has 4 rings (SSSR count). The van der Waals surface area contributed by atoms with Crippen molar-refractivity contribution in [2.24, 2.45) is 0 Å². The van der Waals surface area contributed by atoms with E-state index in [1.807, 2.05) is 31.2 Å². The van der Waals surface area contributed by atoms with Gasteiger partial charge in [-0.05, 0) is 36.4 Å². The SMILES string of the molecule is Cc1ccnc(Sc2ncnc3sc(-c4ccccc4)cc23)n1. The van der Waals surface area contributed by atoms with Crippen LogP contribution in [0.2, 0.25) is 0 Å². The summed E-state index contributed by atoms with van der Waals surface area (Å²) in [6.07, 6.45) is 3.37. The summed E-state index contributed by atoms with van der Waals surface area (Å²) in [7, 11) is 0. The van der Waals surface area contributed by atoms with Crippen molar-refractivity contribution in [3.05, 3.63) is 60.7 Å². The van der Waals surface area contributed by atoms with Crippen molar-refractivity contribution in [2.75, 3.05) is 0 Å². The number of aromatic nitrogens is 4. The van der Waals surface area contributed by atoms with Crippen molar-refractivity contribution in [3.8, 4) is 10.4 Å². The van der Waals surface area contributed by atoms with E-state index in [-0.39, 0.29) is 0 Å². The molecular weight excluding hydrogens is 324 g/mol. The van der Waals surface area contributed by atoms with Crippen LogP contribution in [0.1, 0.15) is 5.69 Å². The highest BCUT2D eigenvalue weighted by atomic mass is 32.2. The molecule has 0 fully saturated rings. The smallest absolute Gasteiger partial charge is 0.194 e. The monoisotopic (exact) mass is 336 g/mol. The van der Waals surface area contributed by atoms with E-state index < -0.39 is 0 Å². The lowest BCUT2D eigenvalue weighted by molar-refractivity contribution is 0.928. The predicted molar refractivity (Wildman–Crippen MR) is 93.7 cm³/mol. The summed E-state index contributed by atoms with van der Waals surface area (Å²) in [5, 5.41) is 2.64. The Labute approximate surface area is 141 Å². The van der Waals surface area contributed by atoms with Crippen LogP contribution in [-0.4, -0.2) is 19.9 Å². The highest BCUT2D eigenvalue weighted by Crippen LogP contribution is 2.37. The maximum absolute atomic E-state index is 4.44. The molecule has 0 spiro atoms. The fourth-order valence-corrected chi connectivity index (χ4v) is 4.13. The van der Waals surface area contributed by atoms with Gasteiger partial charge in [-0.2, -0.15) is 0 Å². The second-order valence-corrected chi connectivity index (χ2v) is 6.94. The van der Waals surface area contributed by atoms with Gasteiger partial charge in [0.15, 0.2) is 5.16 Å². The minimum absolute atomic E-state index is 0.706. The third-order valence-corrected chi connectivity index (χ3v) is 5.30. The zero-order valence-corrected chi connectivity index (χ0v) is 13.9. The molecule has 3 heterocycles. The van der Waals surface area contributed by atoms with Gasteiger partial charge in [0.2, 0.25) is 0 Å². The molecule has 4 aromatic rings. The van der Waals surface area contributed by atoms with Gasteiger partial charge in [0.05, 0.1) is 0 Å². The van der Waals surface area contributed by atoms with Crippen LogP contribution >= 0.6 is 23.1 Å². The molecule has 0 N–H and O–H groups in total. The molecule has 6 heteroatoms. The van der Waals surface area contributed by atoms with Crippen LogP contribution in [0.25, 0.3) is 20.7 Å². The lowest BCUT2D eigenvalue weighted by Gasteiger charge is -2.00. The molecule has 0 saturated heterocycles. The Morgan fingerprint density at radius 3 is 2.70 bits per heavy atom. The Kier molecular flexibility index (Phi) is 3.77. The molecule has 0 atom stereocenters. The van der Waals surface area contributed by atoms with E-state index in [0.717, 1.165) is 20.9 Å². The van der Waals surface area contributed by atoms with Gasteiger partial charge < -0.3 is 0 Å². The normalized spacial score (nSPS) is 11.0. The molecule has 112 valence electrons. The zero-order valence-electron chi connectivity index (χ0n) is 12.3. The molecule has 0 amide bonds. The first-order valence-corrected chi connectivity index (χ1v) is 8.70. The highest BCUT2D eigenvalue weighted by molar-refractivity contribution is 7.99. The molecule has 0 unspecified atom stereocenters. The largest absolute Gasteiger partial charge is 0.231 e. The average molecular weight is 336 g/mol. The van der Waals surface area contributed by atoms with E-state index in [4.69, 9.17) is 0 Å². The molecule has 1 aromatic carbocycles. The van der Waals surface area contributed by atoms with E-state index >= 15 is 0 Å². The van der Waals surface area contributed by atoms with Crippen molar-refractivity contribution in [1.82, 2.24) is 19.9 Å². The predicted octanol–water partition coefficient (Wildman–Crippen LogP) is 4.61. The van der Waals surface area contributed by atoms with Gasteiger partial charge in [0.1, 0.15) is 16.2 Å². The Bertz CT molecular complexity index is 967. The summed E-state index contributed by atoms with van der Waals surface area (Å²) in [6.45, 7) is 1.96. The maximum atomic E-state index is 4.44. The standard InChI is InChI=1S/C17H12N4S2/c1-11-7-8-18-17(21-11)23-16-13-9-14(12-5-3-2-4-6-12)22-15(13)19-10-20-16/h2-10H,1H3. The van der Waals surface area contributed by atoms with Gasteiger partial charge in [-0.25, -0.2) is 19.9 Å². The summed E-state index contributed by atoms with van der Waals surface area (Å²) < 4.78 is 0. The van der Waals surface area contributed by atoms with Gasteiger partial charge in [-0.1, -0.05) is 30.3 Å². The Hall–Kier alpha value is -2.31. The fraction of sp³-hybridized carbons (Fsp3) is 0.0588. The first kappa shape index (κ1) is 14.3. The quantitative estimate of drug-likeness (QED) is 0.404. The van der Waals surface area contributed by atoms with Gasteiger partial charge >= 0.3 is 0 Å². The molecule has 4 nitrogen and oxygen atoms in total. The van der Waals surface area contributed by atoms with Crippen LogP contribution in [0.3, 0.4) is 0 Å². The molecule has 0 saturated carbocycles. The summed E-state index contributed by atoms with van der Waals surface area (Å²) in [5.74, 6) is 0. The number of hydrogen-bond donors (Lipinski definition) is 0. The minimum atomic E-state index is 0.706. The van der Waals surface area contributed by atoms with Crippen molar-refractivity contribution < 1.29 is 0 Å². The van der Waals surface area contributed by atoms with Crippen LogP contribution in [0.15, 0.2) is 65.2 Å². The summed E-state index contributed by atoms with van der Waals surface area (Å²) in [6, 6.07) is 14.4. The van der Waals surface area contributed by atoms with Crippen LogP contribution in [-0.2, 0) is 0 Å². The van der Waals surface area contributed by atoms with Crippen LogP contribution < -0.4 is 0 Å². The number of hydrogen-bond acceptors (Lipinski definition) is 6. The van der Waals surface area contributed by atoms with E-state index in [1.54, 1.807) is 23.9 Å². The number of benzene rings is 1. The second kappa shape index (κ2) is 6.06. The first-order valence-electron chi connectivity index (χ1n) is 7.07. The van der Waals surface area contributed by atoms with E-state index in [1.165, 1.54) is 22.2 Å². The number of fused-ring (bicyclic) bond motifs is 1. The first-order chi connectivity index (χ1) is 11.3. The third kappa shape index (κ3) is 2.95. The number of thiophene rings is 1. The van der Waals surface area contributed by atoms with Crippen molar-refractivity contribution in [3.63, 3.8) is 0 Å². The molecule has 0 aliphatic rings. The van der Waals surface area contributed by atoms with Gasteiger partial charge in [0, 0.05) is 22.2 Å². The Balaban J connectivity index is 1.77. The van der Waals surface area contributed by atoms with Crippen LogP contribution in [0.4, 0.5) is 0 Å². The molecular formula is C17H12N4S2. The van der Waals surface area contributed by atoms with Gasteiger partial charge in [-0.3, -0.25) is 0 Å². The molecule has 0 radical (unpaired) electrons. The van der Waals surface area contributed by atoms with E-state index in [9.17, 15) is 0 Å². The number of rotatable bonds is 3. The van der Waals surface area contributed by atoms with Gasteiger partial charge in [-0.15, -0.1) is 11.3 Å². The lowest BCUT2D eigenvalue weighted by atomic mass is 10.2. The van der Waals surface area contributed by atoms with Crippen molar-refractivity contribution >= 4 is 33.3 Å². The minimum Gasteiger partial charge on any atom is -0.231 e. The second-order valence-electron chi connectivity index (χ2n) is 4.96. The molecule has 0 aliphatic carbocycles. The zero-order chi connectivity index (χ0) is 15.6. The maximum Gasteiger partial charge on any atom is 0.194 e. The highest BCUT2D eigenvalue weighted by Gasteiger charge is 2.12. The Morgan fingerprint density at radius 1 is 1.00 bits per heavy atom. The number of aryl methyl sites for hydroxylation is 1. The molecule has 3 aromatic heterocycles. The van der Waals surface area contributed by atoms with E-state index in [2.05, 4.69) is 38.1 Å². The number of nitrogens with zero attached hydrogens (tertiary/aromatic N) is 4. The van der Waals surface area contributed by atoms with Crippen LogP contribution in [0, 0.1) is 6.92 Å². The third-order valence-electron chi connectivity index (χ3n) is 3.31.